The number of hydrogen-bond acceptors (Lipinski definition) is 5. The Morgan fingerprint density at radius 1 is 1.14 bits per heavy atom. The number of furan rings is 1. The van der Waals surface area contributed by atoms with Gasteiger partial charge in [-0.2, -0.15) is 0 Å². The maximum Gasteiger partial charge on any atom is 0.286 e. The Balaban J connectivity index is 1.82. The maximum absolute atomic E-state index is 12.3. The van der Waals surface area contributed by atoms with E-state index in [1.54, 1.807) is 19.2 Å². The zero-order valence-corrected chi connectivity index (χ0v) is 17.4. The summed E-state index contributed by atoms with van der Waals surface area (Å²) in [7, 11) is 1.65. The fourth-order valence-corrected chi connectivity index (χ4v) is 3.22. The number of nitrogens with one attached hydrogen (secondary N) is 2. The zero-order chi connectivity index (χ0) is 21.1. The first-order chi connectivity index (χ1) is 14.1. The van der Waals surface area contributed by atoms with E-state index in [1.165, 1.54) is 6.26 Å². The number of hydrogen-bond donors (Lipinski definition) is 2. The van der Waals surface area contributed by atoms with Crippen molar-refractivity contribution >= 4 is 11.8 Å². The summed E-state index contributed by atoms with van der Waals surface area (Å²) in [5.41, 5.74) is 1.11. The van der Waals surface area contributed by atoms with Gasteiger partial charge in [-0.3, -0.25) is 14.5 Å². The summed E-state index contributed by atoms with van der Waals surface area (Å²) in [6.45, 7) is 6.93. The second kappa shape index (κ2) is 11.9. The lowest BCUT2D eigenvalue weighted by molar-refractivity contribution is -0.121. The number of ether oxygens (including phenoxy) is 1. The van der Waals surface area contributed by atoms with E-state index in [-0.39, 0.29) is 23.6 Å². The van der Waals surface area contributed by atoms with E-state index in [4.69, 9.17) is 9.15 Å². The monoisotopic (exact) mass is 401 g/mol. The number of likely N-dealkylation sites (N-methyl/N-ethyl adjacent to an activating group) is 1. The van der Waals surface area contributed by atoms with Gasteiger partial charge in [-0.05, 0) is 49.3 Å². The first kappa shape index (κ1) is 22.5. The highest BCUT2D eigenvalue weighted by Crippen LogP contribution is 2.23. The van der Waals surface area contributed by atoms with Crippen LogP contribution >= 0.6 is 0 Å². The average Bonchev–Trinajstić information content (AvgIpc) is 3.29. The van der Waals surface area contributed by atoms with E-state index in [1.807, 2.05) is 18.2 Å². The third kappa shape index (κ3) is 6.94. The van der Waals surface area contributed by atoms with Crippen molar-refractivity contribution in [2.45, 2.75) is 32.7 Å². The molecule has 1 atom stereocenters. The molecular formula is C22H31N3O4. The van der Waals surface area contributed by atoms with Crippen LogP contribution in [-0.2, 0) is 4.79 Å². The van der Waals surface area contributed by atoms with Crippen molar-refractivity contribution in [3.8, 4) is 5.75 Å². The van der Waals surface area contributed by atoms with Crippen LogP contribution in [0.4, 0.5) is 0 Å². The predicted molar refractivity (Wildman–Crippen MR) is 112 cm³/mol. The molecule has 0 bridgehead atoms. The summed E-state index contributed by atoms with van der Waals surface area (Å²) in [6, 6.07) is 11.3. The van der Waals surface area contributed by atoms with Crippen LogP contribution in [0.2, 0.25) is 0 Å². The quantitative estimate of drug-likeness (QED) is 0.534. The van der Waals surface area contributed by atoms with E-state index >= 15 is 0 Å². The number of nitrogens with zero attached hydrogens (tertiary/aromatic N) is 1. The Morgan fingerprint density at radius 3 is 2.59 bits per heavy atom. The van der Waals surface area contributed by atoms with Gasteiger partial charge in [-0.1, -0.05) is 26.0 Å². The van der Waals surface area contributed by atoms with Crippen molar-refractivity contribution in [1.29, 1.82) is 0 Å². The fraction of sp³-hybridized carbons (Fsp3) is 0.455. The molecule has 0 radical (unpaired) electrons. The third-order valence-electron chi connectivity index (χ3n) is 4.84. The van der Waals surface area contributed by atoms with Crippen LogP contribution in [0.5, 0.6) is 5.75 Å². The molecule has 0 aliphatic rings. The maximum atomic E-state index is 12.3. The van der Waals surface area contributed by atoms with Gasteiger partial charge in [0.1, 0.15) is 5.75 Å². The first-order valence-corrected chi connectivity index (χ1v) is 10.0. The van der Waals surface area contributed by atoms with Crippen molar-refractivity contribution < 1.29 is 18.7 Å². The normalized spacial score (nSPS) is 11.9. The molecule has 0 fully saturated rings. The largest absolute Gasteiger partial charge is 0.497 e. The lowest BCUT2D eigenvalue weighted by Gasteiger charge is -2.30. The molecule has 29 heavy (non-hydrogen) atoms. The molecule has 1 heterocycles. The Morgan fingerprint density at radius 2 is 1.93 bits per heavy atom. The van der Waals surface area contributed by atoms with E-state index in [0.29, 0.717) is 25.9 Å². The van der Waals surface area contributed by atoms with E-state index in [9.17, 15) is 9.59 Å². The molecule has 0 aliphatic carbocycles. The molecule has 1 aromatic carbocycles. The van der Waals surface area contributed by atoms with Crippen molar-refractivity contribution in [1.82, 2.24) is 15.5 Å². The van der Waals surface area contributed by atoms with Gasteiger partial charge in [0.15, 0.2) is 5.76 Å². The molecule has 0 saturated heterocycles. The minimum atomic E-state index is -0.268. The molecule has 0 saturated carbocycles. The lowest BCUT2D eigenvalue weighted by Crippen LogP contribution is -2.38. The first-order valence-electron chi connectivity index (χ1n) is 10.0. The molecule has 2 rings (SSSR count). The molecular weight excluding hydrogens is 370 g/mol. The highest BCUT2D eigenvalue weighted by atomic mass is 16.5. The molecule has 2 aromatic rings. The van der Waals surface area contributed by atoms with Crippen LogP contribution < -0.4 is 15.4 Å². The number of carbonyl (C=O) groups is 2. The number of rotatable bonds is 12. The molecule has 1 unspecified atom stereocenters. The standard InChI is InChI=1S/C22H31N3O4/c1-4-25(5-2)19(17-9-6-10-18(15-17)28-3)16-24-21(26)12-7-13-23-22(27)20-11-8-14-29-20/h6,8-11,14-15,19H,4-5,7,12-13,16H2,1-3H3,(H,23,27)(H,24,26). The molecule has 0 spiro atoms. The summed E-state index contributed by atoms with van der Waals surface area (Å²) in [4.78, 5) is 26.4. The molecule has 158 valence electrons. The highest BCUT2D eigenvalue weighted by Gasteiger charge is 2.19. The smallest absolute Gasteiger partial charge is 0.286 e. The van der Waals surface area contributed by atoms with Crippen LogP contribution in [0.15, 0.2) is 47.1 Å². The van der Waals surface area contributed by atoms with Gasteiger partial charge in [0.2, 0.25) is 5.91 Å². The molecule has 2 N–H and O–H groups in total. The molecule has 0 aliphatic heterocycles. The van der Waals surface area contributed by atoms with Crippen LogP contribution in [-0.4, -0.2) is 50.0 Å². The van der Waals surface area contributed by atoms with Gasteiger partial charge in [0, 0.05) is 19.5 Å². The van der Waals surface area contributed by atoms with Crippen molar-refractivity contribution in [2.24, 2.45) is 0 Å². The Hall–Kier alpha value is -2.80. The number of methoxy groups -OCH3 is 1. The SMILES string of the molecule is CCN(CC)C(CNC(=O)CCCNC(=O)c1ccco1)c1cccc(OC)c1. The molecule has 7 heteroatoms. The summed E-state index contributed by atoms with van der Waals surface area (Å²) in [5.74, 6) is 0.778. The molecule has 2 amide bonds. The second-order valence-corrected chi connectivity index (χ2v) is 6.65. The van der Waals surface area contributed by atoms with Gasteiger partial charge in [-0.15, -0.1) is 0 Å². The van der Waals surface area contributed by atoms with Crippen LogP contribution in [0.1, 0.15) is 48.8 Å². The number of carbonyl (C=O) groups excluding carboxylic acids is 2. The molecule has 7 nitrogen and oxygen atoms in total. The topological polar surface area (TPSA) is 83.8 Å². The van der Waals surface area contributed by atoms with Crippen LogP contribution in [0.3, 0.4) is 0 Å². The summed E-state index contributed by atoms with van der Waals surface area (Å²) < 4.78 is 10.4. The van der Waals surface area contributed by atoms with Gasteiger partial charge in [-0.25, -0.2) is 0 Å². The van der Waals surface area contributed by atoms with Gasteiger partial charge < -0.3 is 19.8 Å². The Labute approximate surface area is 172 Å². The van der Waals surface area contributed by atoms with Crippen LogP contribution in [0, 0.1) is 0 Å². The van der Waals surface area contributed by atoms with E-state index in [0.717, 1.165) is 24.4 Å². The zero-order valence-electron chi connectivity index (χ0n) is 17.4. The van der Waals surface area contributed by atoms with Crippen molar-refractivity contribution in [3.05, 3.63) is 54.0 Å². The number of benzene rings is 1. The Bertz CT molecular complexity index is 757. The van der Waals surface area contributed by atoms with Crippen LogP contribution in [0.25, 0.3) is 0 Å². The summed E-state index contributed by atoms with van der Waals surface area (Å²) >= 11 is 0. The van der Waals surface area contributed by atoms with Crippen molar-refractivity contribution in [2.75, 3.05) is 33.3 Å². The highest BCUT2D eigenvalue weighted by molar-refractivity contribution is 5.91. The number of amides is 2. The molecule has 1 aromatic heterocycles. The van der Waals surface area contributed by atoms with Gasteiger partial charge >= 0.3 is 0 Å². The predicted octanol–water partition coefficient (Wildman–Crippen LogP) is 3.00. The second-order valence-electron chi connectivity index (χ2n) is 6.65. The summed E-state index contributed by atoms with van der Waals surface area (Å²) in [5, 5.41) is 5.78. The Kier molecular flexibility index (Phi) is 9.24. The minimum absolute atomic E-state index is 0.0303. The minimum Gasteiger partial charge on any atom is -0.497 e. The lowest BCUT2D eigenvalue weighted by atomic mass is 10.0. The van der Waals surface area contributed by atoms with E-state index < -0.39 is 0 Å². The fourth-order valence-electron chi connectivity index (χ4n) is 3.22. The van der Waals surface area contributed by atoms with Crippen molar-refractivity contribution in [3.63, 3.8) is 0 Å². The van der Waals surface area contributed by atoms with Gasteiger partial charge in [0.25, 0.3) is 5.91 Å². The summed E-state index contributed by atoms with van der Waals surface area (Å²) in [6.07, 6.45) is 2.37. The average molecular weight is 402 g/mol. The third-order valence-corrected chi connectivity index (χ3v) is 4.84. The van der Waals surface area contributed by atoms with Gasteiger partial charge in [0.05, 0.1) is 19.4 Å². The van der Waals surface area contributed by atoms with E-state index in [2.05, 4.69) is 35.4 Å².